The van der Waals surface area contributed by atoms with Crippen LogP contribution in [0.1, 0.15) is 12.5 Å². The summed E-state index contributed by atoms with van der Waals surface area (Å²) in [5, 5.41) is 33.7. The van der Waals surface area contributed by atoms with Crippen molar-refractivity contribution in [2.45, 2.75) is 18.9 Å². The van der Waals surface area contributed by atoms with Crippen LogP contribution in [0.25, 0.3) is 0 Å². The SMILES string of the molecule is CCc1c(NC)ncnc1NC(CO)(CO)CO. The quantitative estimate of drug-likeness (QED) is 0.435. The molecule has 1 aromatic rings. The number of hydrogen-bond acceptors (Lipinski definition) is 7. The molecular weight excluding hydrogens is 236 g/mol. The minimum atomic E-state index is -1.19. The van der Waals surface area contributed by atoms with Crippen molar-refractivity contribution in [3.63, 3.8) is 0 Å². The molecule has 0 fully saturated rings. The summed E-state index contributed by atoms with van der Waals surface area (Å²) in [5.41, 5.74) is -0.358. The van der Waals surface area contributed by atoms with Gasteiger partial charge >= 0.3 is 0 Å². The number of aliphatic hydroxyl groups is 3. The van der Waals surface area contributed by atoms with Gasteiger partial charge in [0.15, 0.2) is 0 Å². The number of anilines is 2. The average molecular weight is 256 g/mol. The summed E-state index contributed by atoms with van der Waals surface area (Å²) in [5.74, 6) is 1.17. The molecule has 0 spiro atoms. The summed E-state index contributed by atoms with van der Waals surface area (Å²) in [4.78, 5) is 8.18. The largest absolute Gasteiger partial charge is 0.394 e. The molecule has 0 bridgehead atoms. The molecule has 102 valence electrons. The molecule has 0 unspecified atom stereocenters. The van der Waals surface area contributed by atoms with Gasteiger partial charge in [-0.2, -0.15) is 0 Å². The van der Waals surface area contributed by atoms with Gasteiger partial charge in [-0.1, -0.05) is 6.92 Å². The van der Waals surface area contributed by atoms with Gasteiger partial charge in [-0.05, 0) is 6.42 Å². The van der Waals surface area contributed by atoms with E-state index in [9.17, 15) is 15.3 Å². The van der Waals surface area contributed by atoms with E-state index >= 15 is 0 Å². The lowest BCUT2D eigenvalue weighted by Crippen LogP contribution is -2.49. The third-order valence-electron chi connectivity index (χ3n) is 2.83. The predicted octanol–water partition coefficient (Wildman–Crippen LogP) is -0.792. The highest BCUT2D eigenvalue weighted by Crippen LogP contribution is 2.23. The van der Waals surface area contributed by atoms with Crippen molar-refractivity contribution in [1.82, 2.24) is 9.97 Å². The molecular formula is C11H20N4O3. The van der Waals surface area contributed by atoms with Crippen LogP contribution in [-0.2, 0) is 6.42 Å². The Morgan fingerprint density at radius 1 is 1.11 bits per heavy atom. The van der Waals surface area contributed by atoms with Gasteiger partial charge in [0.05, 0.1) is 19.8 Å². The standard InChI is InChI=1S/C11H20N4O3/c1-3-8-9(12-2)13-7-14-10(8)15-11(4-16,5-17)6-18/h7,16-18H,3-6H2,1-2H3,(H2,12,13,14,15). The average Bonchev–Trinajstić information content (AvgIpc) is 2.44. The van der Waals surface area contributed by atoms with Crippen molar-refractivity contribution in [3.05, 3.63) is 11.9 Å². The van der Waals surface area contributed by atoms with Crippen molar-refractivity contribution < 1.29 is 15.3 Å². The lowest BCUT2D eigenvalue weighted by molar-refractivity contribution is 0.0830. The Hall–Kier alpha value is -1.44. The van der Waals surface area contributed by atoms with Gasteiger partial charge in [-0.15, -0.1) is 0 Å². The van der Waals surface area contributed by atoms with Gasteiger partial charge in [-0.25, -0.2) is 9.97 Å². The summed E-state index contributed by atoms with van der Waals surface area (Å²) in [6.07, 6.45) is 2.06. The third kappa shape index (κ3) is 2.87. The lowest BCUT2D eigenvalue weighted by Gasteiger charge is -2.30. The van der Waals surface area contributed by atoms with E-state index < -0.39 is 25.4 Å². The Kier molecular flexibility index (Phi) is 5.26. The molecule has 0 aromatic carbocycles. The van der Waals surface area contributed by atoms with Gasteiger partial charge < -0.3 is 26.0 Å². The molecule has 0 saturated heterocycles. The summed E-state index contributed by atoms with van der Waals surface area (Å²) in [6.45, 7) is 0.745. The van der Waals surface area contributed by atoms with Crippen molar-refractivity contribution >= 4 is 11.6 Å². The maximum absolute atomic E-state index is 9.29. The number of nitrogens with zero attached hydrogens (tertiary/aromatic N) is 2. The summed E-state index contributed by atoms with van der Waals surface area (Å²) < 4.78 is 0. The topological polar surface area (TPSA) is 111 Å². The fraction of sp³-hybridized carbons (Fsp3) is 0.636. The van der Waals surface area contributed by atoms with Gasteiger partial charge in [0.1, 0.15) is 23.5 Å². The fourth-order valence-corrected chi connectivity index (χ4v) is 1.59. The van der Waals surface area contributed by atoms with Gasteiger partial charge in [-0.3, -0.25) is 0 Å². The third-order valence-corrected chi connectivity index (χ3v) is 2.83. The maximum atomic E-state index is 9.29. The molecule has 1 aromatic heterocycles. The van der Waals surface area contributed by atoms with E-state index in [2.05, 4.69) is 20.6 Å². The van der Waals surface area contributed by atoms with E-state index in [1.807, 2.05) is 6.92 Å². The first-order valence-corrected chi connectivity index (χ1v) is 5.78. The van der Waals surface area contributed by atoms with Crippen LogP contribution in [0.4, 0.5) is 11.6 Å². The van der Waals surface area contributed by atoms with Crippen LogP contribution in [0.5, 0.6) is 0 Å². The summed E-state index contributed by atoms with van der Waals surface area (Å²) in [7, 11) is 1.75. The van der Waals surface area contributed by atoms with Crippen LogP contribution in [0.3, 0.4) is 0 Å². The Morgan fingerprint density at radius 3 is 2.11 bits per heavy atom. The first-order valence-electron chi connectivity index (χ1n) is 5.78. The molecule has 0 aliphatic rings. The van der Waals surface area contributed by atoms with Crippen LogP contribution in [0, 0.1) is 0 Å². The number of nitrogens with one attached hydrogen (secondary N) is 2. The fourth-order valence-electron chi connectivity index (χ4n) is 1.59. The smallest absolute Gasteiger partial charge is 0.135 e. The molecule has 0 saturated carbocycles. The first kappa shape index (κ1) is 14.6. The van der Waals surface area contributed by atoms with Crippen molar-refractivity contribution in [2.75, 3.05) is 37.5 Å². The molecule has 0 aliphatic heterocycles. The maximum Gasteiger partial charge on any atom is 0.135 e. The van der Waals surface area contributed by atoms with E-state index in [4.69, 9.17) is 0 Å². The molecule has 18 heavy (non-hydrogen) atoms. The molecule has 5 N–H and O–H groups in total. The van der Waals surface area contributed by atoms with Crippen LogP contribution in [-0.4, -0.2) is 57.7 Å². The Morgan fingerprint density at radius 2 is 1.67 bits per heavy atom. The second-order valence-corrected chi connectivity index (χ2v) is 4.03. The van der Waals surface area contributed by atoms with E-state index in [-0.39, 0.29) is 0 Å². The minimum absolute atomic E-state index is 0.401. The normalized spacial score (nSPS) is 11.4. The number of hydrogen-bond donors (Lipinski definition) is 5. The summed E-state index contributed by atoms with van der Waals surface area (Å²) in [6, 6.07) is 0. The zero-order valence-electron chi connectivity index (χ0n) is 10.6. The molecule has 0 amide bonds. The second kappa shape index (κ2) is 6.48. The van der Waals surface area contributed by atoms with Gasteiger partial charge in [0.2, 0.25) is 0 Å². The molecule has 1 rings (SSSR count). The van der Waals surface area contributed by atoms with E-state index in [0.29, 0.717) is 18.1 Å². The van der Waals surface area contributed by atoms with Crippen LogP contribution in [0.15, 0.2) is 6.33 Å². The Balaban J connectivity index is 3.09. The van der Waals surface area contributed by atoms with Gasteiger partial charge in [0, 0.05) is 12.6 Å². The van der Waals surface area contributed by atoms with Crippen molar-refractivity contribution in [2.24, 2.45) is 0 Å². The van der Waals surface area contributed by atoms with Crippen LogP contribution in [0.2, 0.25) is 0 Å². The number of rotatable bonds is 7. The molecule has 7 heteroatoms. The Bertz CT molecular complexity index is 374. The summed E-state index contributed by atoms with van der Waals surface area (Å²) >= 11 is 0. The molecule has 0 radical (unpaired) electrons. The second-order valence-electron chi connectivity index (χ2n) is 4.03. The van der Waals surface area contributed by atoms with E-state index in [0.717, 1.165) is 5.56 Å². The molecule has 7 nitrogen and oxygen atoms in total. The van der Waals surface area contributed by atoms with Crippen molar-refractivity contribution in [1.29, 1.82) is 0 Å². The van der Waals surface area contributed by atoms with E-state index in [1.54, 1.807) is 7.05 Å². The highest BCUT2D eigenvalue weighted by molar-refractivity contribution is 5.58. The highest BCUT2D eigenvalue weighted by Gasteiger charge is 2.29. The Labute approximate surface area is 106 Å². The molecule has 0 aliphatic carbocycles. The van der Waals surface area contributed by atoms with Crippen molar-refractivity contribution in [3.8, 4) is 0 Å². The van der Waals surface area contributed by atoms with Crippen LogP contribution < -0.4 is 10.6 Å². The molecule has 1 heterocycles. The minimum Gasteiger partial charge on any atom is -0.394 e. The number of aliphatic hydroxyl groups excluding tert-OH is 3. The monoisotopic (exact) mass is 256 g/mol. The lowest BCUT2D eigenvalue weighted by atomic mass is 10.0. The van der Waals surface area contributed by atoms with Crippen LogP contribution >= 0.6 is 0 Å². The van der Waals surface area contributed by atoms with Gasteiger partial charge in [0.25, 0.3) is 0 Å². The molecule has 0 atom stereocenters. The first-order chi connectivity index (χ1) is 8.66. The predicted molar refractivity (Wildman–Crippen MR) is 68.6 cm³/mol. The number of aromatic nitrogens is 2. The zero-order chi connectivity index (χ0) is 13.6. The van der Waals surface area contributed by atoms with E-state index in [1.165, 1.54) is 6.33 Å². The zero-order valence-corrected chi connectivity index (χ0v) is 10.6. The highest BCUT2D eigenvalue weighted by atomic mass is 16.3.